The third-order valence-corrected chi connectivity index (χ3v) is 14.3. The summed E-state index contributed by atoms with van der Waals surface area (Å²) in [5.41, 5.74) is 6.54. The Labute approximate surface area is 447 Å². The van der Waals surface area contributed by atoms with Crippen molar-refractivity contribution in [1.29, 1.82) is 0 Å². The molecular formula is C65H49N5OPt. The zero-order valence-electron chi connectivity index (χ0n) is 52.0. The van der Waals surface area contributed by atoms with Gasteiger partial charge in [0.05, 0.1) is 0 Å². The number of pyridine rings is 1. The molecule has 0 fully saturated rings. The molecule has 6 nitrogen and oxygen atoms in total. The summed E-state index contributed by atoms with van der Waals surface area (Å²) >= 11 is 2.18. The van der Waals surface area contributed by atoms with E-state index in [4.69, 9.17) is 22.1 Å². The Kier molecular flexibility index (Phi) is 7.61. The van der Waals surface area contributed by atoms with Gasteiger partial charge in [0, 0.05) is 10.3 Å². The molecule has 0 unspecified atom stereocenters. The van der Waals surface area contributed by atoms with Crippen molar-refractivity contribution in [3.63, 3.8) is 0 Å². The number of rotatable bonds is 8. The number of para-hydroxylation sites is 4. The van der Waals surface area contributed by atoms with Crippen LogP contribution in [0.2, 0.25) is 0 Å². The predicted molar refractivity (Wildman–Crippen MR) is 293 cm³/mol. The van der Waals surface area contributed by atoms with E-state index in [1.54, 1.807) is 30.5 Å². The quantitative estimate of drug-likeness (QED) is 0.152. The number of fused-ring (bicyclic) bond motifs is 7. The molecule has 72 heavy (non-hydrogen) atoms. The van der Waals surface area contributed by atoms with Gasteiger partial charge in [0.15, 0.2) is 0 Å². The van der Waals surface area contributed by atoms with Crippen molar-refractivity contribution >= 4 is 54.6 Å². The Morgan fingerprint density at radius 3 is 1.74 bits per heavy atom. The normalized spacial score (nSPS) is 14.7. The SMILES string of the molecule is [2H]c1c([2H])c([2H])c(-c2cc(-n3c4ccccc4c4ccccc43)cc(-c3c([2H])c([2H])c([2H])c([2H])c3[2H])c2-n2[c](=[Pt])n(-c3cccc(Oc4ccc5c6cc(C([2H])([2H])[2H])ccc6n(-c6cc(C(C)(C)C)ccn6)c5c4)c3)c3ccccc32)c([2H])c1[2H]. The first-order valence-electron chi connectivity index (χ1n) is 29.9. The van der Waals surface area contributed by atoms with Crippen LogP contribution < -0.4 is 4.74 Å². The second-order valence-corrected chi connectivity index (χ2v) is 19.7. The molecule has 0 atom stereocenters. The first-order valence-corrected chi connectivity index (χ1v) is 24.5. The van der Waals surface area contributed by atoms with Crippen LogP contribution in [-0.2, 0) is 24.8 Å². The van der Waals surface area contributed by atoms with E-state index in [9.17, 15) is 5.48 Å². The third kappa shape index (κ3) is 7.28. The van der Waals surface area contributed by atoms with Gasteiger partial charge in [0.2, 0.25) is 0 Å². The fourth-order valence-electron chi connectivity index (χ4n) is 10.1. The van der Waals surface area contributed by atoms with Crippen molar-refractivity contribution < 1.29 is 41.9 Å². The van der Waals surface area contributed by atoms with Gasteiger partial charge in [-0.25, -0.2) is 0 Å². The summed E-state index contributed by atoms with van der Waals surface area (Å²) in [4.78, 5) is 4.82. The molecule has 0 saturated heterocycles. The Morgan fingerprint density at radius 1 is 0.486 bits per heavy atom. The summed E-state index contributed by atoms with van der Waals surface area (Å²) in [6, 6.07) is 43.4. The first-order chi connectivity index (χ1) is 40.5. The number of hydrogen-bond donors (Lipinski definition) is 0. The average Bonchev–Trinajstić information content (AvgIpc) is 1.85. The molecule has 0 aliphatic rings. The molecular weight excluding hydrogens is 1060 g/mol. The molecule has 0 N–H and O–H groups in total. The molecule has 13 aromatic rings. The first kappa shape index (κ1) is 31.8. The van der Waals surface area contributed by atoms with E-state index in [-0.39, 0.29) is 38.9 Å². The third-order valence-electron chi connectivity index (χ3n) is 13.3. The maximum atomic E-state index is 9.56. The molecule has 4 heterocycles. The number of nitrogens with zero attached hydrogens (tertiary/aromatic N) is 5. The fraction of sp³-hybridized carbons (Fsp3) is 0.0769. The molecule has 13 rings (SSSR count). The molecule has 0 bridgehead atoms. The molecule has 0 aliphatic carbocycles. The maximum absolute atomic E-state index is 9.56. The summed E-state index contributed by atoms with van der Waals surface area (Å²) in [5, 5.41) is 3.36. The van der Waals surface area contributed by atoms with Gasteiger partial charge in [-0.1, -0.05) is 32.4 Å². The molecule has 350 valence electrons. The second kappa shape index (κ2) is 17.2. The number of ether oxygens (including phenoxy) is 1. The standard InChI is InChI=1S/C65H49N5O.Pt/c1-43-30-33-59-56(36-43)53-32-31-50(41-62(53)70(59)63-37-46(34-35-66-63)65(2,3)4)71-49-23-17-22-47(38-49)67-42-68(61-29-16-15-28-60(61)67)64-54(44-18-7-5-8-19-44)39-48(40-55(64)45-20-9-6-10-21-45)69-57-26-13-11-24-51(57)52-25-12-14-27-58(52)69;/h5-41H,1-4H3;/i1D3,5D,6D,7D,8D,9D,10D,18D,19D,20D,21D;. The van der Waals surface area contributed by atoms with Crippen LogP contribution in [0.5, 0.6) is 11.5 Å². The number of imidazole rings is 1. The Balaban J connectivity index is 1.06. The second-order valence-electron chi connectivity index (χ2n) is 18.7. The fourth-order valence-corrected chi connectivity index (χ4v) is 11.1. The summed E-state index contributed by atoms with van der Waals surface area (Å²) in [5.74, 6) is 1.59. The van der Waals surface area contributed by atoms with Crippen LogP contribution in [0.25, 0.3) is 99.8 Å². The monoisotopic (exact) mass is 1120 g/mol. The van der Waals surface area contributed by atoms with Crippen LogP contribution in [0.15, 0.2) is 224 Å². The number of benzene rings is 9. The summed E-state index contributed by atoms with van der Waals surface area (Å²) in [7, 11) is 0. The van der Waals surface area contributed by atoms with Gasteiger partial charge in [-0.2, -0.15) is 0 Å². The van der Waals surface area contributed by atoms with Gasteiger partial charge in [-0.15, -0.1) is 0 Å². The van der Waals surface area contributed by atoms with Crippen LogP contribution >= 0.6 is 0 Å². The van der Waals surface area contributed by atoms with Gasteiger partial charge in [-0.3, -0.25) is 0 Å². The molecule has 0 saturated carbocycles. The molecule has 0 radical (unpaired) electrons. The van der Waals surface area contributed by atoms with Crippen molar-refractivity contribution in [2.24, 2.45) is 0 Å². The van der Waals surface area contributed by atoms with Crippen molar-refractivity contribution in [3.8, 4) is 56.6 Å². The van der Waals surface area contributed by atoms with Gasteiger partial charge in [0.25, 0.3) is 0 Å². The minimum absolute atomic E-state index is 0.129. The molecule has 0 aliphatic heterocycles. The van der Waals surface area contributed by atoms with Crippen LogP contribution in [0.4, 0.5) is 0 Å². The molecule has 9 aromatic carbocycles. The van der Waals surface area contributed by atoms with Crippen molar-refractivity contribution in [1.82, 2.24) is 23.3 Å². The minimum atomic E-state index is -2.33. The van der Waals surface area contributed by atoms with Crippen LogP contribution in [0.1, 0.15) is 49.7 Å². The van der Waals surface area contributed by atoms with E-state index in [1.807, 2.05) is 152 Å². The van der Waals surface area contributed by atoms with Crippen molar-refractivity contribution in [3.05, 3.63) is 239 Å². The average molecular weight is 1120 g/mol. The zero-order valence-corrected chi connectivity index (χ0v) is 41.3. The molecule has 4 aromatic heterocycles. The number of aromatic nitrogens is 5. The van der Waals surface area contributed by atoms with Gasteiger partial charge < -0.3 is 0 Å². The number of hydrogen-bond acceptors (Lipinski definition) is 2. The van der Waals surface area contributed by atoms with Gasteiger partial charge >= 0.3 is 382 Å². The number of aryl methyl sites for hydroxylation is 1. The van der Waals surface area contributed by atoms with Gasteiger partial charge in [0.1, 0.15) is 0 Å². The molecule has 7 heteroatoms. The van der Waals surface area contributed by atoms with Crippen molar-refractivity contribution in [2.75, 3.05) is 0 Å². The van der Waals surface area contributed by atoms with Crippen LogP contribution in [-0.4, -0.2) is 23.3 Å². The van der Waals surface area contributed by atoms with Crippen LogP contribution in [0, 0.1) is 10.7 Å². The molecule has 0 spiro atoms. The van der Waals surface area contributed by atoms with E-state index >= 15 is 0 Å². The van der Waals surface area contributed by atoms with E-state index < -0.39 is 67.3 Å². The molecule has 0 amide bonds. The van der Waals surface area contributed by atoms with Crippen LogP contribution in [0.3, 0.4) is 0 Å². The summed E-state index contributed by atoms with van der Waals surface area (Å²) in [6.07, 6.45) is 1.78. The van der Waals surface area contributed by atoms with Gasteiger partial charge in [-0.05, 0) is 23.9 Å². The van der Waals surface area contributed by atoms with Crippen molar-refractivity contribution in [2.45, 2.75) is 33.0 Å². The van der Waals surface area contributed by atoms with E-state index in [0.29, 0.717) is 43.5 Å². The summed E-state index contributed by atoms with van der Waals surface area (Å²) in [6.45, 7) is 4.06. The Morgan fingerprint density at radius 2 is 1.08 bits per heavy atom. The van der Waals surface area contributed by atoms with E-state index in [2.05, 4.69) is 40.1 Å². The van der Waals surface area contributed by atoms with E-state index in [1.165, 1.54) is 0 Å². The Hall–Kier alpha value is -8.31. The Bertz CT molecular complexity index is 4870. The summed E-state index contributed by atoms with van der Waals surface area (Å²) < 4.78 is 131. The zero-order chi connectivity index (χ0) is 59.9. The predicted octanol–water partition coefficient (Wildman–Crippen LogP) is 16.8. The van der Waals surface area contributed by atoms with E-state index in [0.717, 1.165) is 49.2 Å². The topological polar surface area (TPSA) is 41.8 Å².